The number of halogens is 2. The molecule has 1 saturated heterocycles. The number of benzene rings is 1. The van der Waals surface area contributed by atoms with E-state index < -0.39 is 6.04 Å². The van der Waals surface area contributed by atoms with E-state index in [2.05, 4.69) is 5.32 Å². The van der Waals surface area contributed by atoms with E-state index in [4.69, 9.17) is 23.2 Å². The van der Waals surface area contributed by atoms with Gasteiger partial charge in [-0.3, -0.25) is 19.3 Å². The molecule has 1 aliphatic heterocycles. The van der Waals surface area contributed by atoms with Crippen LogP contribution < -0.4 is 5.32 Å². The minimum Gasteiger partial charge on any atom is -0.350 e. The van der Waals surface area contributed by atoms with E-state index in [0.717, 1.165) is 31.2 Å². The highest BCUT2D eigenvalue weighted by Gasteiger charge is 2.51. The second-order valence-corrected chi connectivity index (χ2v) is 9.12. The Labute approximate surface area is 179 Å². The van der Waals surface area contributed by atoms with Crippen molar-refractivity contribution in [2.24, 2.45) is 11.8 Å². The lowest BCUT2D eigenvalue weighted by atomic mass is 9.81. The summed E-state index contributed by atoms with van der Waals surface area (Å²) in [6.07, 6.45) is 5.79. The maximum atomic E-state index is 12.9. The molecule has 3 rings (SSSR count). The van der Waals surface area contributed by atoms with Gasteiger partial charge in [-0.25, -0.2) is 0 Å². The van der Waals surface area contributed by atoms with Crippen LogP contribution in [0, 0.1) is 11.8 Å². The van der Waals surface area contributed by atoms with Crippen LogP contribution in [0.5, 0.6) is 0 Å². The van der Waals surface area contributed by atoms with Gasteiger partial charge in [0.1, 0.15) is 6.04 Å². The molecular weight excluding hydrogens is 419 g/mol. The molecule has 0 radical (unpaired) electrons. The normalized spacial score (nSPS) is 22.9. The van der Waals surface area contributed by atoms with Gasteiger partial charge in [0.25, 0.3) is 0 Å². The third kappa shape index (κ3) is 4.50. The van der Waals surface area contributed by atoms with Gasteiger partial charge in [0, 0.05) is 16.6 Å². The Morgan fingerprint density at radius 3 is 2.43 bits per heavy atom. The van der Waals surface area contributed by atoms with Crippen molar-refractivity contribution in [1.82, 2.24) is 10.2 Å². The van der Waals surface area contributed by atoms with Gasteiger partial charge in [-0.2, -0.15) is 11.8 Å². The van der Waals surface area contributed by atoms with Crippen molar-refractivity contribution in [2.45, 2.75) is 44.7 Å². The van der Waals surface area contributed by atoms with E-state index in [9.17, 15) is 14.4 Å². The number of amides is 3. The molecule has 1 aromatic carbocycles. The van der Waals surface area contributed by atoms with Gasteiger partial charge in [0.2, 0.25) is 17.7 Å². The summed E-state index contributed by atoms with van der Waals surface area (Å²) in [6.45, 7) is 0.216. The zero-order chi connectivity index (χ0) is 20.3. The van der Waals surface area contributed by atoms with Gasteiger partial charge in [0.15, 0.2) is 0 Å². The molecule has 1 saturated carbocycles. The third-order valence-electron chi connectivity index (χ3n) is 5.55. The van der Waals surface area contributed by atoms with E-state index in [1.165, 1.54) is 4.90 Å². The summed E-state index contributed by atoms with van der Waals surface area (Å²) < 4.78 is 0. The molecule has 2 aliphatic rings. The molecule has 28 heavy (non-hydrogen) atoms. The number of hydrogen-bond acceptors (Lipinski definition) is 4. The van der Waals surface area contributed by atoms with Crippen molar-refractivity contribution in [3.05, 3.63) is 33.8 Å². The fourth-order valence-corrected chi connectivity index (χ4v) is 5.00. The molecule has 8 heteroatoms. The van der Waals surface area contributed by atoms with Crippen molar-refractivity contribution in [3.8, 4) is 0 Å². The molecule has 5 nitrogen and oxygen atoms in total. The number of nitrogens with zero attached hydrogens (tertiary/aromatic N) is 1. The molecule has 152 valence electrons. The first-order chi connectivity index (χ1) is 13.4. The van der Waals surface area contributed by atoms with Crippen LogP contribution in [-0.4, -0.2) is 40.7 Å². The molecule has 2 fully saturated rings. The van der Waals surface area contributed by atoms with Crippen molar-refractivity contribution >= 4 is 52.7 Å². The molecule has 3 atom stereocenters. The minimum atomic E-state index is -0.774. The van der Waals surface area contributed by atoms with Crippen LogP contribution >= 0.6 is 35.0 Å². The fraction of sp³-hybridized carbons (Fsp3) is 0.550. The van der Waals surface area contributed by atoms with Gasteiger partial charge in [0.05, 0.1) is 11.8 Å². The van der Waals surface area contributed by atoms with Crippen LogP contribution in [0.15, 0.2) is 18.2 Å². The summed E-state index contributed by atoms with van der Waals surface area (Å²) in [5, 5.41) is 3.83. The Hall–Kier alpha value is -1.24. The number of likely N-dealkylation sites (tertiary alicyclic amines) is 1. The molecular formula is C20H24Cl2N2O3S. The number of hydrogen-bond donors (Lipinski definition) is 1. The maximum Gasteiger partial charge on any atom is 0.243 e. The molecule has 1 heterocycles. The Morgan fingerprint density at radius 2 is 1.86 bits per heavy atom. The van der Waals surface area contributed by atoms with Gasteiger partial charge in [-0.15, -0.1) is 0 Å². The lowest BCUT2D eigenvalue weighted by Crippen LogP contribution is -2.50. The summed E-state index contributed by atoms with van der Waals surface area (Å²) in [5.74, 6) is -0.499. The van der Waals surface area contributed by atoms with Crippen LogP contribution in [0.3, 0.4) is 0 Å². The first-order valence-corrected chi connectivity index (χ1v) is 11.7. The van der Waals surface area contributed by atoms with Crippen molar-refractivity contribution < 1.29 is 14.4 Å². The van der Waals surface area contributed by atoms with Crippen molar-refractivity contribution in [2.75, 3.05) is 12.0 Å². The summed E-state index contributed by atoms with van der Waals surface area (Å²) in [5.41, 5.74) is 0.732. The van der Waals surface area contributed by atoms with Gasteiger partial charge < -0.3 is 5.32 Å². The van der Waals surface area contributed by atoms with Crippen LogP contribution in [0.1, 0.15) is 37.7 Å². The topological polar surface area (TPSA) is 66.5 Å². The average Bonchev–Trinajstić information content (AvgIpc) is 2.93. The quantitative estimate of drug-likeness (QED) is 0.649. The van der Waals surface area contributed by atoms with Crippen molar-refractivity contribution in [3.63, 3.8) is 0 Å². The number of imide groups is 1. The van der Waals surface area contributed by atoms with Crippen LogP contribution in [0.25, 0.3) is 0 Å². The SMILES string of the molecule is CSCCC(C(=O)NCc1ccc(Cl)cc1Cl)N1C(=O)C2CCCCC2C1=O. The standard InChI is InChI=1S/C20H24Cl2N2O3S/c1-28-9-8-17(18(25)23-11-12-6-7-13(21)10-16(12)22)24-19(26)14-4-2-3-5-15(14)20(24)27/h6-7,10,14-15,17H,2-5,8-9,11H2,1H3,(H,23,25). The minimum absolute atomic E-state index is 0.180. The van der Waals surface area contributed by atoms with E-state index in [-0.39, 0.29) is 36.1 Å². The van der Waals surface area contributed by atoms with Crippen LogP contribution in [0.2, 0.25) is 10.0 Å². The molecule has 1 aliphatic carbocycles. The molecule has 1 aromatic rings. The predicted molar refractivity (Wildman–Crippen MR) is 112 cm³/mol. The summed E-state index contributed by atoms with van der Waals surface area (Å²) in [4.78, 5) is 40.0. The Balaban J connectivity index is 1.74. The Kier molecular flexibility index (Phi) is 7.29. The monoisotopic (exact) mass is 442 g/mol. The number of carbonyl (C=O) groups is 3. The first kappa shape index (κ1) is 21.5. The van der Waals surface area contributed by atoms with Gasteiger partial charge in [-0.1, -0.05) is 42.1 Å². The lowest BCUT2D eigenvalue weighted by molar-refractivity contribution is -0.148. The molecule has 1 N–H and O–H groups in total. The number of rotatable bonds is 7. The number of carbonyl (C=O) groups excluding carboxylic acids is 3. The first-order valence-electron chi connectivity index (χ1n) is 9.51. The maximum absolute atomic E-state index is 12.9. The van der Waals surface area contributed by atoms with Gasteiger partial charge in [-0.05, 0) is 49.0 Å². The zero-order valence-electron chi connectivity index (χ0n) is 15.7. The largest absolute Gasteiger partial charge is 0.350 e. The van der Waals surface area contributed by atoms with E-state index in [1.807, 2.05) is 6.26 Å². The molecule has 0 bridgehead atoms. The highest BCUT2D eigenvalue weighted by molar-refractivity contribution is 7.98. The van der Waals surface area contributed by atoms with Gasteiger partial charge >= 0.3 is 0 Å². The number of thioether (sulfide) groups is 1. The van der Waals surface area contributed by atoms with Crippen LogP contribution in [0.4, 0.5) is 0 Å². The highest BCUT2D eigenvalue weighted by atomic mass is 35.5. The highest BCUT2D eigenvalue weighted by Crippen LogP contribution is 2.39. The van der Waals surface area contributed by atoms with E-state index in [0.29, 0.717) is 22.2 Å². The average molecular weight is 443 g/mol. The van der Waals surface area contributed by atoms with Crippen LogP contribution in [-0.2, 0) is 20.9 Å². The fourth-order valence-electron chi connectivity index (χ4n) is 4.07. The second-order valence-electron chi connectivity index (χ2n) is 7.29. The Morgan fingerprint density at radius 1 is 1.21 bits per heavy atom. The molecule has 3 unspecified atom stereocenters. The molecule has 3 amide bonds. The molecule has 0 aromatic heterocycles. The number of fused-ring (bicyclic) bond motifs is 1. The molecule has 0 spiro atoms. The summed E-state index contributed by atoms with van der Waals surface area (Å²) in [7, 11) is 0. The van der Waals surface area contributed by atoms with E-state index >= 15 is 0 Å². The summed E-state index contributed by atoms with van der Waals surface area (Å²) in [6, 6.07) is 4.30. The summed E-state index contributed by atoms with van der Waals surface area (Å²) >= 11 is 13.7. The number of nitrogens with one attached hydrogen (secondary N) is 1. The predicted octanol–water partition coefficient (Wildman–Crippen LogP) is 3.91. The second kappa shape index (κ2) is 9.51. The lowest BCUT2D eigenvalue weighted by Gasteiger charge is -2.26. The Bertz CT molecular complexity index is 750. The zero-order valence-corrected chi connectivity index (χ0v) is 18.1. The third-order valence-corrected chi connectivity index (χ3v) is 6.78. The van der Waals surface area contributed by atoms with Crippen molar-refractivity contribution in [1.29, 1.82) is 0 Å². The van der Waals surface area contributed by atoms with E-state index in [1.54, 1.807) is 30.0 Å². The smallest absolute Gasteiger partial charge is 0.243 e.